The van der Waals surface area contributed by atoms with Crippen LogP contribution in [0.5, 0.6) is 0 Å². The molecular formula is C14H27N3O. The fraction of sp³-hybridized carbons (Fsp3) is 0.929. The summed E-state index contributed by atoms with van der Waals surface area (Å²) in [4.78, 5) is 4.42. The largest absolute Gasteiger partial charge is 0.393 e. The Bertz CT molecular complexity index is 274. The zero-order valence-electron chi connectivity index (χ0n) is 11.3. The van der Waals surface area contributed by atoms with Crippen LogP contribution in [0, 0.1) is 5.92 Å². The van der Waals surface area contributed by atoms with Crippen molar-refractivity contribution in [3.8, 4) is 0 Å². The molecular weight excluding hydrogens is 226 g/mol. The molecule has 0 spiro atoms. The van der Waals surface area contributed by atoms with Gasteiger partial charge in [-0.3, -0.25) is 4.99 Å². The average Bonchev–Trinajstić information content (AvgIpc) is 2.39. The highest BCUT2D eigenvalue weighted by molar-refractivity contribution is 5.78. The fourth-order valence-electron chi connectivity index (χ4n) is 3.12. The lowest BCUT2D eigenvalue weighted by Gasteiger charge is -2.27. The lowest BCUT2D eigenvalue weighted by Crippen LogP contribution is -2.41. The summed E-state index contributed by atoms with van der Waals surface area (Å²) in [5, 5.41) is 13.2. The van der Waals surface area contributed by atoms with Crippen molar-refractivity contribution in [3.05, 3.63) is 0 Å². The number of hydrogen-bond acceptors (Lipinski definition) is 2. The van der Waals surface area contributed by atoms with Gasteiger partial charge in [-0.15, -0.1) is 0 Å². The van der Waals surface area contributed by atoms with Crippen LogP contribution in [0.2, 0.25) is 0 Å². The molecule has 2 atom stereocenters. The van der Waals surface area contributed by atoms with Crippen molar-refractivity contribution >= 4 is 5.96 Å². The number of rotatable bonds is 3. The third-order valence-corrected chi connectivity index (χ3v) is 4.32. The second-order valence-electron chi connectivity index (χ2n) is 5.82. The number of nitrogens with one attached hydrogen (secondary N) is 1. The Hall–Kier alpha value is -0.770. The summed E-state index contributed by atoms with van der Waals surface area (Å²) >= 11 is 0. The van der Waals surface area contributed by atoms with Gasteiger partial charge >= 0.3 is 0 Å². The van der Waals surface area contributed by atoms with E-state index in [4.69, 9.17) is 5.73 Å². The molecule has 2 unspecified atom stereocenters. The zero-order chi connectivity index (χ0) is 12.8. The Balaban J connectivity index is 1.73. The summed E-state index contributed by atoms with van der Waals surface area (Å²) in [5.41, 5.74) is 5.92. The maximum Gasteiger partial charge on any atom is 0.188 e. The van der Waals surface area contributed by atoms with Gasteiger partial charge in [0.15, 0.2) is 5.96 Å². The summed E-state index contributed by atoms with van der Waals surface area (Å²) < 4.78 is 0. The standard InChI is InChI=1S/C14H27N3O/c15-14(17-12-7-2-1-3-8-12)16-10-11-6-4-5-9-13(11)18/h11-13,18H,1-10H2,(H3,15,16,17). The van der Waals surface area contributed by atoms with Gasteiger partial charge in [-0.1, -0.05) is 32.1 Å². The number of nitrogens with zero attached hydrogens (tertiary/aromatic N) is 1. The predicted octanol–water partition coefficient (Wildman–Crippen LogP) is 1.77. The number of hydrogen-bond donors (Lipinski definition) is 3. The van der Waals surface area contributed by atoms with Gasteiger partial charge in [0.2, 0.25) is 0 Å². The third kappa shape index (κ3) is 4.16. The molecule has 4 N–H and O–H groups in total. The molecule has 0 aromatic rings. The highest BCUT2D eigenvalue weighted by Crippen LogP contribution is 2.24. The monoisotopic (exact) mass is 253 g/mol. The van der Waals surface area contributed by atoms with E-state index in [0.29, 0.717) is 24.5 Å². The highest BCUT2D eigenvalue weighted by atomic mass is 16.3. The van der Waals surface area contributed by atoms with Gasteiger partial charge in [0.1, 0.15) is 0 Å². The summed E-state index contributed by atoms with van der Waals surface area (Å²) in [5.74, 6) is 0.880. The first-order valence-corrected chi connectivity index (χ1v) is 7.50. The molecule has 0 saturated heterocycles. The Kier molecular flexibility index (Phi) is 5.29. The van der Waals surface area contributed by atoms with Crippen molar-refractivity contribution in [2.75, 3.05) is 6.54 Å². The van der Waals surface area contributed by atoms with Crippen LogP contribution in [0.3, 0.4) is 0 Å². The fourth-order valence-corrected chi connectivity index (χ4v) is 3.12. The van der Waals surface area contributed by atoms with Crippen LogP contribution < -0.4 is 11.1 Å². The SMILES string of the molecule is NC(=NCC1CCCCC1O)NC1CCCCC1. The molecule has 0 heterocycles. The summed E-state index contributed by atoms with van der Waals surface area (Å²) in [6.45, 7) is 0.673. The number of aliphatic hydroxyl groups is 1. The quantitative estimate of drug-likeness (QED) is 0.530. The van der Waals surface area contributed by atoms with E-state index < -0.39 is 0 Å². The molecule has 2 rings (SSSR count). The maximum atomic E-state index is 9.87. The minimum absolute atomic E-state index is 0.176. The maximum absolute atomic E-state index is 9.87. The molecule has 104 valence electrons. The molecule has 0 aromatic carbocycles. The van der Waals surface area contributed by atoms with E-state index in [1.807, 2.05) is 0 Å². The van der Waals surface area contributed by atoms with Crippen molar-refractivity contribution in [2.24, 2.45) is 16.6 Å². The first-order valence-electron chi connectivity index (χ1n) is 7.50. The molecule has 0 radical (unpaired) electrons. The molecule has 0 bridgehead atoms. The van der Waals surface area contributed by atoms with Gasteiger partial charge in [-0.05, 0) is 25.7 Å². The van der Waals surface area contributed by atoms with Gasteiger partial charge in [0.25, 0.3) is 0 Å². The van der Waals surface area contributed by atoms with Gasteiger partial charge in [-0.2, -0.15) is 0 Å². The van der Waals surface area contributed by atoms with E-state index in [1.165, 1.54) is 38.5 Å². The van der Waals surface area contributed by atoms with Crippen molar-refractivity contribution in [1.29, 1.82) is 0 Å². The molecule has 18 heavy (non-hydrogen) atoms. The molecule has 4 nitrogen and oxygen atoms in total. The van der Waals surface area contributed by atoms with Crippen LogP contribution in [0.15, 0.2) is 4.99 Å². The zero-order valence-corrected chi connectivity index (χ0v) is 11.3. The van der Waals surface area contributed by atoms with Gasteiger partial charge in [0.05, 0.1) is 6.10 Å². The Labute approximate surface area is 110 Å². The van der Waals surface area contributed by atoms with Crippen LogP contribution in [-0.2, 0) is 0 Å². The molecule has 4 heteroatoms. The van der Waals surface area contributed by atoms with Crippen molar-refractivity contribution < 1.29 is 5.11 Å². The minimum atomic E-state index is -0.176. The highest BCUT2D eigenvalue weighted by Gasteiger charge is 2.22. The topological polar surface area (TPSA) is 70.6 Å². The summed E-state index contributed by atoms with van der Waals surface area (Å²) in [6, 6.07) is 0.513. The van der Waals surface area contributed by atoms with Gasteiger partial charge in [-0.25, -0.2) is 0 Å². The predicted molar refractivity (Wildman–Crippen MR) is 74.5 cm³/mol. The first kappa shape index (κ1) is 13.7. The Morgan fingerprint density at radius 3 is 2.44 bits per heavy atom. The first-order chi connectivity index (χ1) is 8.75. The summed E-state index contributed by atoms with van der Waals surface area (Å²) in [6.07, 6.45) is 10.6. The number of nitrogens with two attached hydrogens (primary N) is 1. The lowest BCUT2D eigenvalue weighted by atomic mass is 9.87. The van der Waals surface area contributed by atoms with E-state index in [2.05, 4.69) is 10.3 Å². The van der Waals surface area contributed by atoms with E-state index in [-0.39, 0.29) is 6.10 Å². The van der Waals surface area contributed by atoms with E-state index in [0.717, 1.165) is 19.3 Å². The van der Waals surface area contributed by atoms with Crippen LogP contribution in [0.4, 0.5) is 0 Å². The third-order valence-electron chi connectivity index (χ3n) is 4.32. The molecule has 0 amide bonds. The molecule has 0 aromatic heterocycles. The number of aliphatic hydroxyl groups excluding tert-OH is 1. The second-order valence-corrected chi connectivity index (χ2v) is 5.82. The Morgan fingerprint density at radius 2 is 1.72 bits per heavy atom. The van der Waals surface area contributed by atoms with Gasteiger partial charge < -0.3 is 16.2 Å². The Morgan fingerprint density at radius 1 is 1.06 bits per heavy atom. The van der Waals surface area contributed by atoms with E-state index in [9.17, 15) is 5.11 Å². The van der Waals surface area contributed by atoms with Crippen LogP contribution in [0.25, 0.3) is 0 Å². The molecule has 2 fully saturated rings. The van der Waals surface area contributed by atoms with Crippen LogP contribution in [-0.4, -0.2) is 29.8 Å². The van der Waals surface area contributed by atoms with Gasteiger partial charge in [0, 0.05) is 18.5 Å². The average molecular weight is 253 g/mol. The van der Waals surface area contributed by atoms with Crippen molar-refractivity contribution in [1.82, 2.24) is 5.32 Å². The molecule has 2 saturated carbocycles. The molecule has 2 aliphatic carbocycles. The normalized spacial score (nSPS) is 31.3. The summed E-state index contributed by atoms with van der Waals surface area (Å²) in [7, 11) is 0. The van der Waals surface area contributed by atoms with Crippen molar-refractivity contribution in [2.45, 2.75) is 69.9 Å². The molecule has 2 aliphatic rings. The number of guanidine groups is 1. The lowest BCUT2D eigenvalue weighted by molar-refractivity contribution is 0.0744. The van der Waals surface area contributed by atoms with Crippen molar-refractivity contribution in [3.63, 3.8) is 0 Å². The van der Waals surface area contributed by atoms with E-state index >= 15 is 0 Å². The van der Waals surface area contributed by atoms with Crippen LogP contribution in [0.1, 0.15) is 57.8 Å². The second kappa shape index (κ2) is 6.98. The smallest absolute Gasteiger partial charge is 0.188 e. The van der Waals surface area contributed by atoms with E-state index in [1.54, 1.807) is 0 Å². The number of aliphatic imine (C=N–C) groups is 1. The minimum Gasteiger partial charge on any atom is -0.393 e. The van der Waals surface area contributed by atoms with Crippen LogP contribution >= 0.6 is 0 Å². The molecule has 0 aliphatic heterocycles.